The molecule has 0 unspecified atom stereocenters. The number of amides is 1. The summed E-state index contributed by atoms with van der Waals surface area (Å²) >= 11 is 1.74. The van der Waals surface area contributed by atoms with Crippen molar-refractivity contribution in [2.24, 2.45) is 0 Å². The third-order valence-corrected chi connectivity index (χ3v) is 6.34. The molecule has 0 radical (unpaired) electrons. The molecule has 0 spiro atoms. The van der Waals surface area contributed by atoms with E-state index < -0.39 is 0 Å². The molecule has 2 N–H and O–H groups in total. The fraction of sp³-hybridized carbons (Fsp3) is 0.286. The van der Waals surface area contributed by atoms with Crippen LogP contribution in [0.2, 0.25) is 0 Å². The zero-order valence-electron chi connectivity index (χ0n) is 20.4. The van der Waals surface area contributed by atoms with E-state index in [1.54, 1.807) is 54.0 Å². The van der Waals surface area contributed by atoms with E-state index in [0.717, 1.165) is 42.0 Å². The third kappa shape index (κ3) is 8.36. The molecule has 0 saturated carbocycles. The fourth-order valence-corrected chi connectivity index (χ4v) is 4.14. The number of anilines is 1. The number of hydrogen-bond donors (Lipinski definition) is 2. The van der Waals surface area contributed by atoms with Gasteiger partial charge in [0.05, 0.1) is 7.11 Å². The maximum Gasteiger partial charge on any atom is 0.251 e. The van der Waals surface area contributed by atoms with E-state index in [4.69, 9.17) is 4.74 Å². The van der Waals surface area contributed by atoms with Gasteiger partial charge in [-0.25, -0.2) is 0 Å². The molecule has 0 aliphatic carbocycles. The van der Waals surface area contributed by atoms with Crippen LogP contribution in [-0.2, 0) is 13.0 Å². The lowest BCUT2D eigenvalue weighted by atomic mass is 10.0. The fourth-order valence-electron chi connectivity index (χ4n) is 3.81. The highest BCUT2D eigenvalue weighted by Crippen LogP contribution is 2.22. The van der Waals surface area contributed by atoms with E-state index in [1.807, 2.05) is 44.4 Å². The lowest BCUT2D eigenvalue weighted by Crippen LogP contribution is -2.38. The quantitative estimate of drug-likeness (QED) is 0.181. The largest absolute Gasteiger partial charge is 0.497 e. The molecule has 6 nitrogen and oxygen atoms in total. The first-order valence-electron chi connectivity index (χ1n) is 11.6. The van der Waals surface area contributed by atoms with Gasteiger partial charge >= 0.3 is 0 Å². The van der Waals surface area contributed by atoms with Crippen LogP contribution in [0.15, 0.2) is 72.8 Å². The molecule has 0 saturated heterocycles. The average Bonchev–Trinajstić information content (AvgIpc) is 2.86. The monoisotopic (exact) mass is 585 g/mol. The van der Waals surface area contributed by atoms with Gasteiger partial charge in [-0.2, -0.15) is 0 Å². The van der Waals surface area contributed by atoms with E-state index >= 15 is 0 Å². The molecule has 184 valence electrons. The first-order valence-corrected chi connectivity index (χ1v) is 12.6. The highest BCUT2D eigenvalue weighted by atomic mass is 127. The zero-order valence-corrected chi connectivity index (χ0v) is 22.5. The number of rotatable bonds is 12. The van der Waals surface area contributed by atoms with Gasteiger partial charge in [-0.05, 0) is 54.8 Å². The van der Waals surface area contributed by atoms with Gasteiger partial charge in [0.15, 0.2) is 0 Å². The van der Waals surface area contributed by atoms with Gasteiger partial charge in [-0.3, -0.25) is 9.59 Å². The molecule has 1 amide bonds. The first-order chi connectivity index (χ1) is 16.9. The van der Waals surface area contributed by atoms with Crippen LogP contribution in [0.25, 0.3) is 0 Å². The SMILES string of the molecule is COc1cc(CNCC[C@H](Cc2ccccc2)NC(=O)c2cccc(C(=O)I)c2)cc(N(C)C)c1. The molecule has 0 aliphatic rings. The van der Waals surface area contributed by atoms with Gasteiger partial charge in [-0.1, -0.05) is 42.5 Å². The van der Waals surface area contributed by atoms with Crippen molar-refractivity contribution >= 4 is 38.0 Å². The van der Waals surface area contributed by atoms with Gasteiger partial charge in [0.25, 0.3) is 5.91 Å². The minimum atomic E-state index is -0.172. The molecule has 0 bridgehead atoms. The predicted molar refractivity (Wildman–Crippen MR) is 150 cm³/mol. The molecular formula is C28H32IN3O3. The van der Waals surface area contributed by atoms with E-state index in [1.165, 1.54) is 0 Å². The van der Waals surface area contributed by atoms with Gasteiger partial charge in [0.2, 0.25) is 3.79 Å². The zero-order chi connectivity index (χ0) is 25.2. The molecule has 35 heavy (non-hydrogen) atoms. The minimum absolute atomic E-state index is 0.0565. The van der Waals surface area contributed by atoms with Crippen LogP contribution in [0.1, 0.15) is 38.3 Å². The third-order valence-electron chi connectivity index (χ3n) is 5.71. The predicted octanol–water partition coefficient (Wildman–Crippen LogP) is 4.86. The van der Waals surface area contributed by atoms with E-state index in [0.29, 0.717) is 17.7 Å². The van der Waals surface area contributed by atoms with Crippen molar-refractivity contribution in [3.63, 3.8) is 0 Å². The lowest BCUT2D eigenvalue weighted by molar-refractivity contribution is 0.0935. The molecule has 3 aromatic rings. The molecule has 0 aliphatic heterocycles. The maximum atomic E-state index is 13.0. The van der Waals surface area contributed by atoms with Crippen LogP contribution < -0.4 is 20.3 Å². The van der Waals surface area contributed by atoms with Crippen molar-refractivity contribution in [1.29, 1.82) is 0 Å². The number of hydrogen-bond acceptors (Lipinski definition) is 5. The van der Waals surface area contributed by atoms with Crippen LogP contribution in [0.3, 0.4) is 0 Å². The first kappa shape index (κ1) is 26.7. The molecule has 7 heteroatoms. The van der Waals surface area contributed by atoms with E-state index in [2.05, 4.69) is 33.7 Å². The summed E-state index contributed by atoms with van der Waals surface area (Å²) in [6, 6.07) is 23.1. The number of benzene rings is 3. The number of nitrogens with zero attached hydrogens (tertiary/aromatic N) is 1. The van der Waals surface area contributed by atoms with Crippen molar-refractivity contribution in [2.75, 3.05) is 32.6 Å². The Balaban J connectivity index is 1.64. The van der Waals surface area contributed by atoms with Gasteiger partial charge in [-0.15, -0.1) is 0 Å². The lowest BCUT2D eigenvalue weighted by Gasteiger charge is -2.20. The summed E-state index contributed by atoms with van der Waals surface area (Å²) in [5.74, 6) is 0.656. The second-order valence-electron chi connectivity index (χ2n) is 8.61. The van der Waals surface area contributed by atoms with Crippen molar-refractivity contribution in [1.82, 2.24) is 10.6 Å². The summed E-state index contributed by atoms with van der Waals surface area (Å²) < 4.78 is 5.36. The van der Waals surface area contributed by atoms with Gasteiger partial charge in [0, 0.05) is 72.2 Å². The highest BCUT2D eigenvalue weighted by molar-refractivity contribution is 14.1. The highest BCUT2D eigenvalue weighted by Gasteiger charge is 2.16. The van der Waals surface area contributed by atoms with Crippen LogP contribution in [0.4, 0.5) is 5.69 Å². The Morgan fingerprint density at radius 2 is 1.69 bits per heavy atom. The molecule has 0 aromatic heterocycles. The standard InChI is InChI=1S/C28H32IN3O3/c1-32(2)25-15-21(16-26(18-25)35-3)19-30-13-12-24(14-20-8-5-4-6-9-20)31-28(34)23-11-7-10-22(17-23)27(29)33/h4-11,15-18,24,30H,12-14,19H2,1-3H3,(H,31,34)/t24-/m1/s1. The van der Waals surface area contributed by atoms with E-state index in [-0.39, 0.29) is 15.7 Å². The minimum Gasteiger partial charge on any atom is -0.497 e. The molecule has 0 heterocycles. The Morgan fingerprint density at radius 3 is 2.37 bits per heavy atom. The number of nitrogens with one attached hydrogen (secondary N) is 2. The summed E-state index contributed by atoms with van der Waals surface area (Å²) in [7, 11) is 5.69. The number of carbonyl (C=O) groups is 2. The molecule has 3 rings (SSSR count). The van der Waals surface area contributed by atoms with Crippen molar-refractivity contribution < 1.29 is 14.3 Å². The summed E-state index contributed by atoms with van der Waals surface area (Å²) in [5.41, 5.74) is 4.40. The Hall–Kier alpha value is -2.91. The van der Waals surface area contributed by atoms with Crippen molar-refractivity contribution in [3.05, 3.63) is 95.1 Å². The summed E-state index contributed by atoms with van der Waals surface area (Å²) in [5, 5.41) is 6.67. The summed E-state index contributed by atoms with van der Waals surface area (Å²) in [6.07, 6.45) is 1.49. The van der Waals surface area contributed by atoms with Gasteiger partial charge in [0.1, 0.15) is 5.75 Å². The number of ether oxygens (including phenoxy) is 1. The smallest absolute Gasteiger partial charge is 0.251 e. The van der Waals surface area contributed by atoms with Gasteiger partial charge < -0.3 is 20.3 Å². The van der Waals surface area contributed by atoms with Crippen molar-refractivity contribution in [2.45, 2.75) is 25.4 Å². The van der Waals surface area contributed by atoms with Crippen molar-refractivity contribution in [3.8, 4) is 5.75 Å². The summed E-state index contributed by atoms with van der Waals surface area (Å²) in [6.45, 7) is 1.43. The normalized spacial score (nSPS) is 11.5. The Morgan fingerprint density at radius 1 is 0.943 bits per heavy atom. The number of halogens is 1. The Bertz CT molecular complexity index is 1140. The van der Waals surface area contributed by atoms with E-state index in [9.17, 15) is 9.59 Å². The number of methoxy groups -OCH3 is 1. The van der Waals surface area contributed by atoms with Crippen LogP contribution >= 0.6 is 22.6 Å². The average molecular weight is 585 g/mol. The maximum absolute atomic E-state index is 13.0. The Labute approximate surface area is 221 Å². The molecular weight excluding hydrogens is 553 g/mol. The van der Waals surface area contributed by atoms with Crippen LogP contribution in [-0.4, -0.2) is 43.5 Å². The molecule has 0 fully saturated rings. The second-order valence-corrected chi connectivity index (χ2v) is 9.59. The van der Waals surface area contributed by atoms with Crippen LogP contribution in [0, 0.1) is 0 Å². The topological polar surface area (TPSA) is 70.7 Å². The summed E-state index contributed by atoms with van der Waals surface area (Å²) in [4.78, 5) is 26.7. The second kappa shape index (κ2) is 13.3. The molecule has 3 aromatic carbocycles. The number of carbonyl (C=O) groups excluding carboxylic acids is 2. The van der Waals surface area contributed by atoms with Crippen LogP contribution in [0.5, 0.6) is 5.75 Å². The molecule has 1 atom stereocenters. The Kier molecular flexibility index (Phi) is 10.1.